The fourth-order valence-corrected chi connectivity index (χ4v) is 1.64. The lowest BCUT2D eigenvalue weighted by molar-refractivity contribution is 0.282. The molecule has 1 aromatic heterocycles. The Hall–Kier alpha value is -1.36. The van der Waals surface area contributed by atoms with Gasteiger partial charge in [-0.3, -0.25) is 0 Å². The van der Waals surface area contributed by atoms with E-state index in [1.165, 1.54) is 0 Å². The smallest absolute Gasteiger partial charge is 0.134 e. The van der Waals surface area contributed by atoms with Crippen molar-refractivity contribution in [2.45, 2.75) is 39.7 Å². The Bertz CT molecular complexity index is 343. The van der Waals surface area contributed by atoms with Gasteiger partial charge in [0.15, 0.2) is 0 Å². The topological polar surface area (TPSA) is 70.1 Å². The summed E-state index contributed by atoms with van der Waals surface area (Å²) >= 11 is 0. The van der Waals surface area contributed by atoms with Crippen molar-refractivity contribution in [2.75, 3.05) is 23.8 Å². The summed E-state index contributed by atoms with van der Waals surface area (Å²) in [5.74, 6) is 1.74. The van der Waals surface area contributed by atoms with Crippen LogP contribution in [0.25, 0.3) is 0 Å². The highest BCUT2D eigenvalue weighted by Crippen LogP contribution is 2.19. The molecule has 0 amide bonds. The predicted octanol–water partition coefficient (Wildman–Crippen LogP) is 1.79. The first-order valence-electron chi connectivity index (χ1n) is 6.11. The molecule has 96 valence electrons. The summed E-state index contributed by atoms with van der Waals surface area (Å²) < 4.78 is 0. The minimum absolute atomic E-state index is 0.234. The molecule has 0 spiro atoms. The lowest BCUT2D eigenvalue weighted by Gasteiger charge is -2.16. The summed E-state index contributed by atoms with van der Waals surface area (Å²) in [5, 5.41) is 15.3. The van der Waals surface area contributed by atoms with Gasteiger partial charge in [0, 0.05) is 24.8 Å². The summed E-state index contributed by atoms with van der Waals surface area (Å²) in [4.78, 5) is 8.44. The predicted molar refractivity (Wildman–Crippen MR) is 70.3 cm³/mol. The van der Waals surface area contributed by atoms with Crippen molar-refractivity contribution in [1.29, 1.82) is 0 Å². The van der Waals surface area contributed by atoms with Gasteiger partial charge in [-0.1, -0.05) is 0 Å². The SMILES string of the molecule is CCNc1ncnc(NC(C)CCCO)c1C. The van der Waals surface area contributed by atoms with Crippen molar-refractivity contribution in [2.24, 2.45) is 0 Å². The Morgan fingerprint density at radius 3 is 2.71 bits per heavy atom. The normalized spacial score (nSPS) is 12.2. The van der Waals surface area contributed by atoms with Gasteiger partial charge in [0.1, 0.15) is 18.0 Å². The number of aromatic nitrogens is 2. The summed E-state index contributed by atoms with van der Waals surface area (Å²) in [6, 6.07) is 0.297. The summed E-state index contributed by atoms with van der Waals surface area (Å²) in [5.41, 5.74) is 1.03. The highest BCUT2D eigenvalue weighted by atomic mass is 16.2. The molecule has 0 aliphatic rings. The quantitative estimate of drug-likeness (QED) is 0.675. The van der Waals surface area contributed by atoms with Crippen molar-refractivity contribution in [3.05, 3.63) is 11.9 Å². The maximum Gasteiger partial charge on any atom is 0.134 e. The van der Waals surface area contributed by atoms with Crippen LogP contribution in [0.1, 0.15) is 32.3 Å². The molecule has 0 aliphatic heterocycles. The number of hydrogen-bond acceptors (Lipinski definition) is 5. The average Bonchev–Trinajstić information content (AvgIpc) is 2.32. The third-order valence-corrected chi connectivity index (χ3v) is 2.61. The molecule has 5 heteroatoms. The van der Waals surface area contributed by atoms with Crippen molar-refractivity contribution >= 4 is 11.6 Å². The highest BCUT2D eigenvalue weighted by molar-refractivity contribution is 5.56. The first-order chi connectivity index (χ1) is 8.19. The molecule has 1 heterocycles. The van der Waals surface area contributed by atoms with Gasteiger partial charge >= 0.3 is 0 Å². The highest BCUT2D eigenvalue weighted by Gasteiger charge is 2.08. The minimum atomic E-state index is 0.234. The maximum atomic E-state index is 8.79. The van der Waals surface area contributed by atoms with E-state index in [9.17, 15) is 0 Å². The molecule has 0 bridgehead atoms. The molecule has 3 N–H and O–H groups in total. The second-order valence-corrected chi connectivity index (χ2v) is 4.14. The zero-order valence-corrected chi connectivity index (χ0v) is 10.8. The lowest BCUT2D eigenvalue weighted by Crippen LogP contribution is -2.18. The van der Waals surface area contributed by atoms with Crippen LogP contribution in [0.3, 0.4) is 0 Å². The van der Waals surface area contributed by atoms with Crippen LogP contribution < -0.4 is 10.6 Å². The maximum absolute atomic E-state index is 8.79. The van der Waals surface area contributed by atoms with Gasteiger partial charge in [-0.25, -0.2) is 9.97 Å². The second-order valence-electron chi connectivity index (χ2n) is 4.14. The zero-order chi connectivity index (χ0) is 12.7. The number of hydrogen-bond donors (Lipinski definition) is 3. The molecule has 1 unspecified atom stereocenters. The molecule has 0 saturated carbocycles. The van der Waals surface area contributed by atoms with Crippen LogP contribution in [0.4, 0.5) is 11.6 Å². The molecule has 0 saturated heterocycles. The van der Waals surface area contributed by atoms with Gasteiger partial charge in [0.2, 0.25) is 0 Å². The fraction of sp³-hybridized carbons (Fsp3) is 0.667. The van der Waals surface area contributed by atoms with E-state index < -0.39 is 0 Å². The monoisotopic (exact) mass is 238 g/mol. The first-order valence-corrected chi connectivity index (χ1v) is 6.11. The Kier molecular flexibility index (Phi) is 5.69. The number of anilines is 2. The van der Waals surface area contributed by atoms with E-state index in [1.54, 1.807) is 6.33 Å². The standard InChI is InChI=1S/C12H22N4O/c1-4-13-11-10(3)12(15-8-14-11)16-9(2)6-5-7-17/h8-9,17H,4-7H2,1-3H3,(H2,13,14,15,16). The molecular weight excluding hydrogens is 216 g/mol. The molecule has 0 radical (unpaired) electrons. The number of aliphatic hydroxyl groups excluding tert-OH is 1. The van der Waals surface area contributed by atoms with Crippen molar-refractivity contribution in [3.8, 4) is 0 Å². The zero-order valence-electron chi connectivity index (χ0n) is 10.8. The van der Waals surface area contributed by atoms with Crippen LogP contribution in [-0.4, -0.2) is 34.3 Å². The van der Waals surface area contributed by atoms with Crippen LogP contribution in [0.2, 0.25) is 0 Å². The second kappa shape index (κ2) is 7.06. The Morgan fingerprint density at radius 2 is 2.06 bits per heavy atom. The number of aliphatic hydroxyl groups is 1. The van der Waals surface area contributed by atoms with Crippen LogP contribution in [0.15, 0.2) is 6.33 Å². The molecule has 5 nitrogen and oxygen atoms in total. The van der Waals surface area contributed by atoms with E-state index in [0.29, 0.717) is 6.04 Å². The third-order valence-electron chi connectivity index (χ3n) is 2.61. The molecule has 1 aromatic rings. The van der Waals surface area contributed by atoms with E-state index in [4.69, 9.17) is 5.11 Å². The lowest BCUT2D eigenvalue weighted by atomic mass is 10.2. The van der Waals surface area contributed by atoms with Crippen molar-refractivity contribution in [1.82, 2.24) is 9.97 Å². The van der Waals surface area contributed by atoms with Gasteiger partial charge in [0.05, 0.1) is 0 Å². The van der Waals surface area contributed by atoms with Gasteiger partial charge in [0.25, 0.3) is 0 Å². The minimum Gasteiger partial charge on any atom is -0.396 e. The van der Waals surface area contributed by atoms with Crippen LogP contribution in [0.5, 0.6) is 0 Å². The summed E-state index contributed by atoms with van der Waals surface area (Å²) in [6.07, 6.45) is 3.29. The van der Waals surface area contributed by atoms with Crippen LogP contribution in [-0.2, 0) is 0 Å². The summed E-state index contributed by atoms with van der Waals surface area (Å²) in [6.45, 7) is 7.20. The molecule has 1 atom stereocenters. The van der Waals surface area contributed by atoms with Crippen LogP contribution >= 0.6 is 0 Å². The largest absolute Gasteiger partial charge is 0.396 e. The average molecular weight is 238 g/mol. The summed E-state index contributed by atoms with van der Waals surface area (Å²) in [7, 11) is 0. The Morgan fingerprint density at radius 1 is 1.35 bits per heavy atom. The Labute approximate surface area is 103 Å². The molecule has 0 aliphatic carbocycles. The number of rotatable bonds is 7. The molecule has 0 fully saturated rings. The number of nitrogens with one attached hydrogen (secondary N) is 2. The number of nitrogens with zero attached hydrogens (tertiary/aromatic N) is 2. The molecule has 0 aromatic carbocycles. The van der Waals surface area contributed by atoms with Gasteiger partial charge in [-0.15, -0.1) is 0 Å². The molecule has 17 heavy (non-hydrogen) atoms. The fourth-order valence-electron chi connectivity index (χ4n) is 1.64. The van der Waals surface area contributed by atoms with Gasteiger partial charge in [-0.05, 0) is 33.6 Å². The third kappa shape index (κ3) is 4.19. The van der Waals surface area contributed by atoms with E-state index in [2.05, 4.69) is 27.5 Å². The van der Waals surface area contributed by atoms with E-state index >= 15 is 0 Å². The molecule has 1 rings (SSSR count). The van der Waals surface area contributed by atoms with Crippen molar-refractivity contribution < 1.29 is 5.11 Å². The Balaban J connectivity index is 2.67. The van der Waals surface area contributed by atoms with Crippen LogP contribution in [0, 0.1) is 6.92 Å². The van der Waals surface area contributed by atoms with E-state index in [0.717, 1.165) is 36.6 Å². The van der Waals surface area contributed by atoms with E-state index in [1.807, 2.05) is 13.8 Å². The molecular formula is C12H22N4O. The first kappa shape index (κ1) is 13.7. The van der Waals surface area contributed by atoms with Gasteiger partial charge < -0.3 is 15.7 Å². The van der Waals surface area contributed by atoms with Gasteiger partial charge in [-0.2, -0.15) is 0 Å². The van der Waals surface area contributed by atoms with E-state index in [-0.39, 0.29) is 6.61 Å². The van der Waals surface area contributed by atoms with Crippen molar-refractivity contribution in [3.63, 3.8) is 0 Å².